The van der Waals surface area contributed by atoms with Gasteiger partial charge in [0, 0.05) is 17.8 Å². The van der Waals surface area contributed by atoms with Crippen molar-refractivity contribution in [3.05, 3.63) is 47.8 Å². The lowest BCUT2D eigenvalue weighted by Gasteiger charge is -2.25. The zero-order chi connectivity index (χ0) is 18.8. The summed E-state index contributed by atoms with van der Waals surface area (Å²) in [7, 11) is 0. The van der Waals surface area contributed by atoms with Crippen molar-refractivity contribution in [2.75, 3.05) is 6.54 Å². The lowest BCUT2D eigenvalue weighted by atomic mass is 10.1. The zero-order valence-corrected chi connectivity index (χ0v) is 13.5. The molecule has 0 bridgehead atoms. The molecule has 0 aliphatic rings. The van der Waals surface area contributed by atoms with Crippen LogP contribution in [-0.4, -0.2) is 44.3 Å². The number of halogens is 3. The maximum Gasteiger partial charge on any atom is 0.435 e. The van der Waals surface area contributed by atoms with Crippen molar-refractivity contribution in [2.45, 2.75) is 26.1 Å². The lowest BCUT2D eigenvalue weighted by molar-refractivity contribution is -0.141. The van der Waals surface area contributed by atoms with Gasteiger partial charge in [-0.2, -0.15) is 18.3 Å². The molecular weight excluding hydrogens is 339 g/mol. The summed E-state index contributed by atoms with van der Waals surface area (Å²) in [5, 5.41) is 12.4. The van der Waals surface area contributed by atoms with Crippen LogP contribution >= 0.6 is 0 Å². The van der Waals surface area contributed by atoms with Crippen LogP contribution in [-0.2, 0) is 11.0 Å². The summed E-state index contributed by atoms with van der Waals surface area (Å²) in [4.78, 5) is 24.6. The molecule has 2 aromatic rings. The fourth-order valence-electron chi connectivity index (χ4n) is 2.20. The van der Waals surface area contributed by atoms with Crippen molar-refractivity contribution in [3.8, 4) is 5.69 Å². The fraction of sp³-hybridized carbons (Fsp3) is 0.312. The van der Waals surface area contributed by atoms with Gasteiger partial charge in [-0.3, -0.25) is 9.59 Å². The topological polar surface area (TPSA) is 75.4 Å². The standard InChI is InChI=1S/C16H16F3N3O3/c1-10(2)21(9-14(23)24)15(25)11-4-3-5-12(8-11)22-7-6-13(20-22)16(17,18)19/h3-8,10H,9H2,1-2H3,(H,23,24). The lowest BCUT2D eigenvalue weighted by Crippen LogP contribution is -2.40. The molecule has 1 aromatic carbocycles. The molecule has 0 atom stereocenters. The number of carboxylic acid groups (broad SMARTS) is 1. The second-order valence-electron chi connectivity index (χ2n) is 5.61. The number of nitrogens with zero attached hydrogens (tertiary/aromatic N) is 3. The molecule has 0 radical (unpaired) electrons. The Bertz CT molecular complexity index is 784. The van der Waals surface area contributed by atoms with Gasteiger partial charge in [0.05, 0.1) is 5.69 Å². The van der Waals surface area contributed by atoms with Gasteiger partial charge in [-0.25, -0.2) is 4.68 Å². The van der Waals surface area contributed by atoms with Crippen LogP contribution in [0.2, 0.25) is 0 Å². The molecule has 0 spiro atoms. The minimum absolute atomic E-state index is 0.163. The molecule has 0 saturated carbocycles. The summed E-state index contributed by atoms with van der Waals surface area (Å²) in [5.41, 5.74) is -0.615. The predicted octanol–water partition coefficient (Wildman–Crippen LogP) is 2.83. The van der Waals surface area contributed by atoms with E-state index in [0.717, 1.165) is 21.8 Å². The molecule has 0 unspecified atom stereocenters. The van der Waals surface area contributed by atoms with Gasteiger partial charge in [0.25, 0.3) is 5.91 Å². The van der Waals surface area contributed by atoms with Crippen molar-refractivity contribution in [3.63, 3.8) is 0 Å². The highest BCUT2D eigenvalue weighted by Crippen LogP contribution is 2.28. The maximum atomic E-state index is 12.6. The number of aliphatic carboxylic acids is 1. The average molecular weight is 355 g/mol. The van der Waals surface area contributed by atoms with Gasteiger partial charge in [-0.1, -0.05) is 6.07 Å². The zero-order valence-electron chi connectivity index (χ0n) is 13.5. The Kier molecular flexibility index (Phi) is 5.15. The molecule has 9 heteroatoms. The Labute approximate surface area is 141 Å². The number of carbonyl (C=O) groups excluding carboxylic acids is 1. The fourth-order valence-corrected chi connectivity index (χ4v) is 2.20. The van der Waals surface area contributed by atoms with E-state index in [4.69, 9.17) is 5.11 Å². The number of hydrogen-bond acceptors (Lipinski definition) is 3. The Hall–Kier alpha value is -2.84. The quantitative estimate of drug-likeness (QED) is 0.895. The number of hydrogen-bond donors (Lipinski definition) is 1. The van der Waals surface area contributed by atoms with Crippen molar-refractivity contribution in [1.29, 1.82) is 0 Å². The number of alkyl halides is 3. The summed E-state index contributed by atoms with van der Waals surface area (Å²) in [5.74, 6) is -1.68. The Morgan fingerprint density at radius 1 is 1.28 bits per heavy atom. The normalized spacial score (nSPS) is 11.6. The number of aromatic nitrogens is 2. The SMILES string of the molecule is CC(C)N(CC(=O)O)C(=O)c1cccc(-n2ccc(C(F)(F)F)n2)c1. The predicted molar refractivity (Wildman–Crippen MR) is 82.4 cm³/mol. The monoisotopic (exact) mass is 355 g/mol. The van der Waals surface area contributed by atoms with Crippen LogP contribution in [0.5, 0.6) is 0 Å². The van der Waals surface area contributed by atoms with E-state index in [2.05, 4.69) is 5.10 Å². The summed E-state index contributed by atoms with van der Waals surface area (Å²) in [6.45, 7) is 2.88. The Morgan fingerprint density at radius 3 is 2.48 bits per heavy atom. The molecule has 1 heterocycles. The molecule has 0 fully saturated rings. The number of carbonyl (C=O) groups is 2. The molecule has 1 aromatic heterocycles. The van der Waals surface area contributed by atoms with Crippen LogP contribution < -0.4 is 0 Å². The summed E-state index contributed by atoms with van der Waals surface area (Å²) in [6.07, 6.45) is -3.42. The molecule has 25 heavy (non-hydrogen) atoms. The Morgan fingerprint density at radius 2 is 1.96 bits per heavy atom. The molecule has 1 N–H and O–H groups in total. The molecule has 134 valence electrons. The summed E-state index contributed by atoms with van der Waals surface area (Å²) >= 11 is 0. The second-order valence-corrected chi connectivity index (χ2v) is 5.61. The highest BCUT2D eigenvalue weighted by Gasteiger charge is 2.33. The van der Waals surface area contributed by atoms with Crippen LogP contribution in [0.1, 0.15) is 29.9 Å². The first-order valence-electron chi connectivity index (χ1n) is 7.35. The third-order valence-electron chi connectivity index (χ3n) is 3.43. The maximum absolute atomic E-state index is 12.6. The van der Waals surface area contributed by atoms with Gasteiger partial charge in [0.1, 0.15) is 6.54 Å². The number of carboxylic acids is 1. The van der Waals surface area contributed by atoms with Crippen LogP contribution in [0.15, 0.2) is 36.5 Å². The van der Waals surface area contributed by atoms with Crippen molar-refractivity contribution in [1.82, 2.24) is 14.7 Å². The van der Waals surface area contributed by atoms with E-state index < -0.39 is 30.3 Å². The number of rotatable bonds is 5. The molecule has 0 aliphatic heterocycles. The first-order valence-corrected chi connectivity index (χ1v) is 7.35. The van der Waals surface area contributed by atoms with Crippen molar-refractivity contribution >= 4 is 11.9 Å². The van der Waals surface area contributed by atoms with Crippen LogP contribution in [0.25, 0.3) is 5.69 Å². The van der Waals surface area contributed by atoms with Gasteiger partial charge < -0.3 is 10.0 Å². The minimum atomic E-state index is -4.56. The van der Waals surface area contributed by atoms with Crippen molar-refractivity contribution < 1.29 is 27.9 Å². The van der Waals surface area contributed by atoms with E-state index in [1.54, 1.807) is 13.8 Å². The number of amides is 1. The third-order valence-corrected chi connectivity index (χ3v) is 3.43. The van der Waals surface area contributed by atoms with Gasteiger partial charge in [0.15, 0.2) is 5.69 Å². The van der Waals surface area contributed by atoms with Gasteiger partial charge >= 0.3 is 12.1 Å². The average Bonchev–Trinajstić information content (AvgIpc) is 3.02. The Balaban J connectivity index is 2.33. The molecule has 0 saturated heterocycles. The first-order chi connectivity index (χ1) is 11.6. The smallest absolute Gasteiger partial charge is 0.435 e. The highest BCUT2D eigenvalue weighted by atomic mass is 19.4. The highest BCUT2D eigenvalue weighted by molar-refractivity contribution is 5.96. The third kappa shape index (κ3) is 4.37. The van der Waals surface area contributed by atoms with E-state index in [0.29, 0.717) is 0 Å². The van der Waals surface area contributed by atoms with Gasteiger partial charge in [-0.05, 0) is 38.1 Å². The van der Waals surface area contributed by atoms with Crippen LogP contribution in [0.4, 0.5) is 13.2 Å². The number of benzene rings is 1. The van der Waals surface area contributed by atoms with E-state index >= 15 is 0 Å². The first kappa shape index (κ1) is 18.5. The van der Waals surface area contributed by atoms with Gasteiger partial charge in [-0.15, -0.1) is 0 Å². The molecular formula is C16H16F3N3O3. The van der Waals surface area contributed by atoms with E-state index in [9.17, 15) is 22.8 Å². The minimum Gasteiger partial charge on any atom is -0.480 e. The molecule has 0 aliphatic carbocycles. The molecule has 6 nitrogen and oxygen atoms in total. The van der Waals surface area contributed by atoms with E-state index in [-0.39, 0.29) is 17.3 Å². The van der Waals surface area contributed by atoms with Gasteiger partial charge in [0.2, 0.25) is 0 Å². The van der Waals surface area contributed by atoms with Crippen molar-refractivity contribution in [2.24, 2.45) is 0 Å². The second kappa shape index (κ2) is 6.96. The molecule has 1 amide bonds. The molecule has 2 rings (SSSR count). The van der Waals surface area contributed by atoms with E-state index in [1.807, 2.05) is 0 Å². The summed E-state index contributed by atoms with van der Waals surface area (Å²) in [6, 6.07) is 6.31. The summed E-state index contributed by atoms with van der Waals surface area (Å²) < 4.78 is 39.0. The van der Waals surface area contributed by atoms with Crippen LogP contribution in [0, 0.1) is 0 Å². The van der Waals surface area contributed by atoms with Crippen LogP contribution in [0.3, 0.4) is 0 Å². The van der Waals surface area contributed by atoms with E-state index in [1.165, 1.54) is 24.3 Å². The largest absolute Gasteiger partial charge is 0.480 e.